The number of hydrogen-bond acceptors (Lipinski definition) is 11. The Morgan fingerprint density at radius 3 is 2.53 bits per heavy atom. The van der Waals surface area contributed by atoms with Crippen molar-refractivity contribution in [2.24, 2.45) is 22.7 Å². The summed E-state index contributed by atoms with van der Waals surface area (Å²) in [6, 6.07) is 5.66. The summed E-state index contributed by atoms with van der Waals surface area (Å²) in [4.78, 5) is 66.1. The first-order valence-corrected chi connectivity index (χ1v) is 26.1. The number of aromatic nitrogens is 1. The van der Waals surface area contributed by atoms with E-state index < -0.39 is 73.6 Å². The summed E-state index contributed by atoms with van der Waals surface area (Å²) >= 11 is 0. The van der Waals surface area contributed by atoms with Crippen LogP contribution >= 0.6 is 0 Å². The van der Waals surface area contributed by atoms with Crippen molar-refractivity contribution in [1.82, 2.24) is 30.1 Å². The first kappa shape index (κ1) is 46.7. The van der Waals surface area contributed by atoms with Gasteiger partial charge in [0, 0.05) is 30.8 Å². The zero-order valence-electron chi connectivity index (χ0n) is 39.3. The number of benzene rings is 1. The van der Waals surface area contributed by atoms with Crippen molar-refractivity contribution in [3.63, 3.8) is 0 Å². The quantitative estimate of drug-likeness (QED) is 0.169. The van der Waals surface area contributed by atoms with Gasteiger partial charge in [-0.3, -0.25) is 19.1 Å². The lowest BCUT2D eigenvalue weighted by Gasteiger charge is -2.35. The molecule has 1 aromatic heterocycles. The molecule has 2 bridgehead atoms. The predicted molar refractivity (Wildman–Crippen MR) is 249 cm³/mol. The first-order chi connectivity index (χ1) is 31.4. The Morgan fingerprint density at radius 2 is 1.80 bits per heavy atom. The maximum absolute atomic E-state index is 14.9. The smallest absolute Gasteiger partial charge is 0.408 e. The Hall–Kier alpha value is -4.44. The molecule has 15 nitrogen and oxygen atoms in total. The van der Waals surface area contributed by atoms with Gasteiger partial charge in [-0.05, 0) is 113 Å². The van der Waals surface area contributed by atoms with Crippen LogP contribution in [0.4, 0.5) is 4.79 Å². The molecule has 0 radical (unpaired) electrons. The Morgan fingerprint density at radius 1 is 1.03 bits per heavy atom. The maximum Gasteiger partial charge on any atom is 0.408 e. The van der Waals surface area contributed by atoms with Crippen LogP contribution in [0.2, 0.25) is 0 Å². The summed E-state index contributed by atoms with van der Waals surface area (Å²) in [5.74, 6) is -1.12. The van der Waals surface area contributed by atoms with Gasteiger partial charge in [-0.25, -0.2) is 18.2 Å². The molecule has 3 aliphatic heterocycles. The van der Waals surface area contributed by atoms with Crippen LogP contribution in [0.25, 0.3) is 10.9 Å². The van der Waals surface area contributed by atoms with E-state index in [1.165, 1.54) is 49.6 Å². The number of nitrogens with zero attached hydrogens (tertiary/aromatic N) is 3. The fourth-order valence-corrected chi connectivity index (χ4v) is 12.5. The number of nitrogens with one attached hydrogen (secondary N) is 3. The third-order valence-corrected chi connectivity index (χ3v) is 18.1. The minimum absolute atomic E-state index is 0.0246. The maximum atomic E-state index is 14.9. The van der Waals surface area contributed by atoms with Crippen molar-refractivity contribution in [2.75, 3.05) is 32.8 Å². The highest BCUT2D eigenvalue weighted by Crippen LogP contribution is 2.48. The number of alkyl carbamates (subject to hydrolysis) is 1. The van der Waals surface area contributed by atoms with Crippen molar-refractivity contribution in [3.8, 4) is 11.6 Å². The molecule has 7 aliphatic rings. The minimum Gasteiger partial charge on any atom is -0.492 e. The highest BCUT2D eigenvalue weighted by Gasteiger charge is 2.63. The zero-order chi connectivity index (χ0) is 46.6. The van der Waals surface area contributed by atoms with Crippen LogP contribution in [-0.4, -0.2) is 114 Å². The van der Waals surface area contributed by atoms with E-state index in [1.54, 1.807) is 6.92 Å². The number of carbonyl (C=O) groups is 4. The zero-order valence-corrected chi connectivity index (χ0v) is 40.1. The molecule has 4 saturated carbocycles. The van der Waals surface area contributed by atoms with Gasteiger partial charge in [-0.15, -0.1) is 6.58 Å². The molecule has 4 aliphatic carbocycles. The van der Waals surface area contributed by atoms with E-state index in [4.69, 9.17) is 19.2 Å². The van der Waals surface area contributed by atoms with Crippen LogP contribution in [0, 0.1) is 22.7 Å². The lowest BCUT2D eigenvalue weighted by atomic mass is 9.85. The third-order valence-electron chi connectivity index (χ3n) is 15.9. The van der Waals surface area contributed by atoms with Crippen LogP contribution in [-0.2, 0) is 35.6 Å². The highest BCUT2D eigenvalue weighted by molar-refractivity contribution is 7.91. The second-order valence-corrected chi connectivity index (χ2v) is 24.2. The van der Waals surface area contributed by atoms with Gasteiger partial charge in [0.2, 0.25) is 27.7 Å². The molecule has 4 amide bonds. The fourth-order valence-electron chi connectivity index (χ4n) is 11.2. The molecule has 1 spiro atoms. The average Bonchev–Trinajstić information content (AvgIpc) is 4.20. The summed E-state index contributed by atoms with van der Waals surface area (Å²) in [6.07, 6.45) is 13.6. The molecule has 7 atom stereocenters. The average molecular weight is 931 g/mol. The van der Waals surface area contributed by atoms with E-state index in [0.717, 1.165) is 68.3 Å². The van der Waals surface area contributed by atoms with Gasteiger partial charge >= 0.3 is 6.09 Å². The van der Waals surface area contributed by atoms with E-state index in [1.807, 2.05) is 45.0 Å². The predicted octanol–water partition coefficient (Wildman–Crippen LogP) is 6.32. The summed E-state index contributed by atoms with van der Waals surface area (Å²) in [5.41, 5.74) is -0.307. The lowest BCUT2D eigenvalue weighted by molar-refractivity contribution is -0.142. The molecular weight excluding hydrogens is 861 g/mol. The van der Waals surface area contributed by atoms with Crippen LogP contribution in [0.1, 0.15) is 130 Å². The second-order valence-electron chi connectivity index (χ2n) is 22.0. The number of carbonyl (C=O) groups excluding carboxylic acids is 4. The number of sulfonamides is 1. The Labute approximate surface area is 389 Å². The number of hydrogen-bond donors (Lipinski definition) is 3. The number of pyridine rings is 1. The molecule has 2 saturated heterocycles. The molecule has 66 heavy (non-hydrogen) atoms. The fraction of sp³-hybridized carbons (Fsp3) is 0.700. The minimum atomic E-state index is -4.01. The SMILES string of the molecule is C=C[C@@H]1C[C@]1(NC(=O)[C@@H]1C[C@@H]2CN1C(=O)[C@H](C(C)(C)C)NC(=O)O[C@@H]1C[C@H]1CCCCCc1c(nc3ccccc3c1OCCCN1CCC3(CCCC3)C1)O2)C(=O)NS(=O)(=O)C1(C)CC1. The van der Waals surface area contributed by atoms with Gasteiger partial charge in [0.1, 0.15) is 35.6 Å². The number of para-hydroxylation sites is 1. The van der Waals surface area contributed by atoms with E-state index in [9.17, 15) is 27.6 Å². The summed E-state index contributed by atoms with van der Waals surface area (Å²) < 4.78 is 47.2. The van der Waals surface area contributed by atoms with Gasteiger partial charge in [0.15, 0.2) is 0 Å². The van der Waals surface area contributed by atoms with E-state index >= 15 is 0 Å². The molecule has 6 fully saturated rings. The Bertz CT molecular complexity index is 2340. The second kappa shape index (κ2) is 17.9. The number of amides is 4. The lowest BCUT2D eigenvalue weighted by Crippen LogP contribution is -2.60. The van der Waals surface area contributed by atoms with Gasteiger partial charge in [-0.1, -0.05) is 64.7 Å². The molecule has 4 heterocycles. The number of likely N-dealkylation sites (tertiary alicyclic amines) is 1. The number of rotatable bonds is 11. The summed E-state index contributed by atoms with van der Waals surface area (Å²) in [5, 5.41) is 6.64. The van der Waals surface area contributed by atoms with Gasteiger partial charge in [0.25, 0.3) is 5.91 Å². The normalized spacial score (nSPS) is 30.8. The van der Waals surface area contributed by atoms with Crippen molar-refractivity contribution in [3.05, 3.63) is 42.5 Å². The van der Waals surface area contributed by atoms with Crippen LogP contribution < -0.4 is 24.8 Å². The monoisotopic (exact) mass is 930 g/mol. The van der Waals surface area contributed by atoms with E-state index in [2.05, 4.69) is 26.8 Å². The summed E-state index contributed by atoms with van der Waals surface area (Å²) in [6.45, 7) is 14.8. The Balaban J connectivity index is 1.01. The Kier molecular flexibility index (Phi) is 12.7. The van der Waals surface area contributed by atoms with Crippen molar-refractivity contribution in [1.29, 1.82) is 0 Å². The van der Waals surface area contributed by atoms with E-state index in [-0.39, 0.29) is 31.4 Å². The summed E-state index contributed by atoms with van der Waals surface area (Å²) in [7, 11) is -4.01. The van der Waals surface area contributed by atoms with Crippen LogP contribution in [0.15, 0.2) is 36.9 Å². The molecule has 1 aromatic carbocycles. The van der Waals surface area contributed by atoms with Crippen LogP contribution in [0.5, 0.6) is 11.6 Å². The van der Waals surface area contributed by atoms with Crippen molar-refractivity contribution in [2.45, 2.75) is 165 Å². The number of ether oxygens (including phenoxy) is 3. The van der Waals surface area contributed by atoms with Gasteiger partial charge in [-0.2, -0.15) is 0 Å². The van der Waals surface area contributed by atoms with Gasteiger partial charge < -0.3 is 34.6 Å². The largest absolute Gasteiger partial charge is 0.492 e. The van der Waals surface area contributed by atoms with E-state index in [0.29, 0.717) is 42.7 Å². The molecule has 3 N–H and O–H groups in total. The molecular formula is C50H70N6O9S. The first-order valence-electron chi connectivity index (χ1n) is 24.7. The van der Waals surface area contributed by atoms with Crippen molar-refractivity contribution >= 4 is 44.7 Å². The molecule has 0 unspecified atom stereocenters. The molecule has 9 rings (SSSR count). The number of fused-ring (bicyclic) bond motifs is 5. The van der Waals surface area contributed by atoms with Crippen LogP contribution in [0.3, 0.4) is 0 Å². The standard InChI is InChI=1S/C50H70N6O9S/c1-6-33-29-50(33,45(59)54-66(61,62)48(5)21-22-48)53-42(57)38-28-34-30-56(38)44(58)41(47(2,3)4)52-46(60)65-39-27-32(39)15-8-7-9-17-36-40(35-16-10-11-18-37(35)51-43(36)64-34)63-26-14-24-55-25-23-49(31-55)19-12-13-20-49/h6,10-11,16,18,32-34,38-39,41H,1,7-9,12-15,17,19-31H2,2-5H3,(H,52,60)(H,53,57)(H,54,59)/t32-,33-,34-,38+,39-,41-,50-/m1/s1. The van der Waals surface area contributed by atoms with Gasteiger partial charge in [0.05, 0.1) is 29.0 Å². The third kappa shape index (κ3) is 9.51. The topological polar surface area (TPSA) is 186 Å². The van der Waals surface area contributed by atoms with Crippen molar-refractivity contribution < 1.29 is 41.8 Å². The molecule has 2 aromatic rings. The molecule has 16 heteroatoms. The highest BCUT2D eigenvalue weighted by atomic mass is 32.2. The molecule has 360 valence electrons.